The number of rotatable bonds is 3. The monoisotopic (exact) mass is 710 g/mol. The van der Waals surface area contributed by atoms with E-state index in [1.165, 1.54) is 70.9 Å². The third-order valence-electron chi connectivity index (χ3n) is 12.1. The van der Waals surface area contributed by atoms with Gasteiger partial charge in [-0.3, -0.25) is 9.13 Å². The van der Waals surface area contributed by atoms with Gasteiger partial charge in [-0.05, 0) is 94.3 Å². The molecule has 0 N–H and O–H groups in total. The molecular weight excluding hydrogens is 677 g/mol. The molecule has 4 heterocycles. The van der Waals surface area contributed by atoms with Crippen LogP contribution in [0.15, 0.2) is 140 Å². The Morgan fingerprint density at radius 2 is 1.24 bits per heavy atom. The Labute approximate surface area is 316 Å². The standard InChI is InChI=1S/C49H34N4S/c1-49(2)38-18-8-3-13-31(38)32-25-23-30(28-39(32)49)29-24-26-44-37(27-29)45-46(52-40-19-9-4-14-33(40)34-15-5-10-20-41(34)52)50-48(51-47(45)54-44)53-42-21-11-6-16-35(42)36-17-7-12-22-43(36)53/h3-6,8-16,18-28H,7,17H2,1-2H3. The predicted molar refractivity (Wildman–Crippen MR) is 226 cm³/mol. The summed E-state index contributed by atoms with van der Waals surface area (Å²) < 4.78 is 5.87. The van der Waals surface area contributed by atoms with Crippen LogP contribution in [0, 0.1) is 0 Å². The van der Waals surface area contributed by atoms with Crippen molar-refractivity contribution in [2.75, 3.05) is 0 Å². The van der Waals surface area contributed by atoms with Gasteiger partial charge in [0.1, 0.15) is 4.83 Å². The number of benzene rings is 6. The van der Waals surface area contributed by atoms with Crippen LogP contribution in [0.1, 0.15) is 42.7 Å². The van der Waals surface area contributed by atoms with E-state index in [0.29, 0.717) is 5.95 Å². The lowest BCUT2D eigenvalue weighted by molar-refractivity contribution is 0.660. The summed E-state index contributed by atoms with van der Waals surface area (Å²) >= 11 is 1.76. The van der Waals surface area contributed by atoms with Gasteiger partial charge in [0, 0.05) is 31.7 Å². The van der Waals surface area contributed by atoms with E-state index in [1.807, 2.05) is 0 Å². The number of allylic oxidation sites excluding steroid dienone is 1. The summed E-state index contributed by atoms with van der Waals surface area (Å²) in [7, 11) is 0. The van der Waals surface area contributed by atoms with Gasteiger partial charge in [-0.1, -0.05) is 117 Å². The maximum absolute atomic E-state index is 5.65. The van der Waals surface area contributed by atoms with Crippen molar-refractivity contribution in [1.82, 2.24) is 19.1 Å². The fourth-order valence-electron chi connectivity index (χ4n) is 9.52. The molecule has 4 aromatic heterocycles. The van der Waals surface area contributed by atoms with Crippen LogP contribution in [-0.2, 0) is 11.8 Å². The van der Waals surface area contributed by atoms with Gasteiger partial charge in [0.2, 0.25) is 5.95 Å². The topological polar surface area (TPSA) is 35.6 Å². The summed E-state index contributed by atoms with van der Waals surface area (Å²) in [5.41, 5.74) is 13.8. The van der Waals surface area contributed by atoms with E-state index < -0.39 is 0 Å². The average Bonchev–Trinajstić information content (AvgIpc) is 3.93. The third kappa shape index (κ3) is 4.02. The van der Waals surface area contributed by atoms with E-state index in [2.05, 4.69) is 169 Å². The lowest BCUT2D eigenvalue weighted by atomic mass is 9.81. The van der Waals surface area contributed by atoms with Gasteiger partial charge >= 0.3 is 0 Å². The highest BCUT2D eigenvalue weighted by Crippen LogP contribution is 2.50. The second-order valence-corrected chi connectivity index (χ2v) is 16.3. The van der Waals surface area contributed by atoms with Crippen molar-refractivity contribution in [3.63, 3.8) is 0 Å². The van der Waals surface area contributed by atoms with Gasteiger partial charge < -0.3 is 0 Å². The first kappa shape index (κ1) is 30.2. The SMILES string of the molecule is CC1(C)c2ccccc2-c2ccc(-c3ccc4sc5nc(-n6c7c(c8ccccc86)CCC=C7)nc(-n6c7ccccc7c7ccccc76)c5c4c3)cc21. The molecule has 10 aromatic rings. The van der Waals surface area contributed by atoms with Crippen LogP contribution in [0.25, 0.3) is 93.1 Å². The minimum atomic E-state index is -0.0634. The molecule has 12 rings (SSSR count). The van der Waals surface area contributed by atoms with Crippen LogP contribution in [0.2, 0.25) is 0 Å². The molecule has 0 spiro atoms. The number of hydrogen-bond acceptors (Lipinski definition) is 3. The highest BCUT2D eigenvalue weighted by atomic mass is 32.1. The van der Waals surface area contributed by atoms with Gasteiger partial charge in [0.05, 0.1) is 27.6 Å². The third-order valence-corrected chi connectivity index (χ3v) is 13.1. The van der Waals surface area contributed by atoms with Crippen molar-refractivity contribution in [1.29, 1.82) is 0 Å². The van der Waals surface area contributed by atoms with E-state index in [-0.39, 0.29) is 5.41 Å². The lowest BCUT2D eigenvalue weighted by Gasteiger charge is -2.22. The number of thiophene rings is 1. The molecule has 0 unspecified atom stereocenters. The van der Waals surface area contributed by atoms with Crippen LogP contribution in [0.5, 0.6) is 0 Å². The van der Waals surface area contributed by atoms with Crippen molar-refractivity contribution in [2.24, 2.45) is 0 Å². The summed E-state index contributed by atoms with van der Waals surface area (Å²) in [6.07, 6.45) is 6.60. The van der Waals surface area contributed by atoms with Crippen LogP contribution >= 0.6 is 11.3 Å². The smallest absolute Gasteiger partial charge is 0.238 e. The largest absolute Gasteiger partial charge is 0.293 e. The van der Waals surface area contributed by atoms with E-state index in [0.717, 1.165) is 45.4 Å². The minimum absolute atomic E-state index is 0.0634. The molecule has 0 atom stereocenters. The molecule has 4 nitrogen and oxygen atoms in total. The van der Waals surface area contributed by atoms with Gasteiger partial charge in [-0.2, -0.15) is 4.98 Å². The molecule has 0 bridgehead atoms. The summed E-state index contributed by atoms with van der Waals surface area (Å²) in [6, 6.07) is 49.0. The molecule has 2 aliphatic rings. The van der Waals surface area contributed by atoms with E-state index in [4.69, 9.17) is 9.97 Å². The molecule has 256 valence electrons. The molecule has 2 aliphatic carbocycles. The number of nitrogens with zero attached hydrogens (tertiary/aromatic N) is 4. The fraction of sp³-hybridized carbons (Fsp3) is 0.102. The summed E-state index contributed by atoms with van der Waals surface area (Å²) in [6.45, 7) is 4.70. The summed E-state index contributed by atoms with van der Waals surface area (Å²) in [5.74, 6) is 1.61. The lowest BCUT2D eigenvalue weighted by Crippen LogP contribution is -2.14. The Kier molecular flexibility index (Phi) is 6.08. The first-order valence-electron chi connectivity index (χ1n) is 18.8. The van der Waals surface area contributed by atoms with Gasteiger partial charge in [0.15, 0.2) is 5.82 Å². The first-order chi connectivity index (χ1) is 26.5. The predicted octanol–water partition coefficient (Wildman–Crippen LogP) is 12.8. The first-order valence-corrected chi connectivity index (χ1v) is 19.6. The Balaban J connectivity index is 1.15. The maximum Gasteiger partial charge on any atom is 0.238 e. The van der Waals surface area contributed by atoms with Gasteiger partial charge in [-0.25, -0.2) is 4.98 Å². The Morgan fingerprint density at radius 3 is 2.04 bits per heavy atom. The summed E-state index contributed by atoms with van der Waals surface area (Å²) in [5, 5.41) is 5.98. The van der Waals surface area contributed by atoms with Crippen LogP contribution < -0.4 is 0 Å². The quantitative estimate of drug-likeness (QED) is 0.183. The van der Waals surface area contributed by atoms with E-state index in [9.17, 15) is 0 Å². The molecule has 0 saturated heterocycles. The van der Waals surface area contributed by atoms with Gasteiger partial charge in [-0.15, -0.1) is 11.3 Å². The molecule has 0 saturated carbocycles. The number of hydrogen-bond donors (Lipinski definition) is 0. The zero-order chi connectivity index (χ0) is 35.7. The van der Waals surface area contributed by atoms with Crippen molar-refractivity contribution in [3.05, 3.63) is 162 Å². The molecule has 6 aromatic carbocycles. The zero-order valence-corrected chi connectivity index (χ0v) is 30.8. The molecule has 0 fully saturated rings. The van der Waals surface area contributed by atoms with E-state index in [1.54, 1.807) is 11.3 Å². The fourth-order valence-corrected chi connectivity index (χ4v) is 10.6. The number of fused-ring (bicyclic) bond motifs is 12. The Hall–Kier alpha value is -6.30. The average molecular weight is 711 g/mol. The van der Waals surface area contributed by atoms with Crippen molar-refractivity contribution in [2.45, 2.75) is 32.1 Å². The number of aromatic nitrogens is 4. The normalized spacial score (nSPS) is 14.4. The minimum Gasteiger partial charge on any atom is -0.293 e. The molecule has 5 heteroatoms. The summed E-state index contributed by atoms with van der Waals surface area (Å²) in [4.78, 5) is 12.1. The van der Waals surface area contributed by atoms with Crippen molar-refractivity contribution >= 4 is 70.4 Å². The Bertz CT molecular complexity index is 3210. The van der Waals surface area contributed by atoms with Crippen LogP contribution in [0.4, 0.5) is 0 Å². The second kappa shape index (κ2) is 10.9. The molecular formula is C49H34N4S. The van der Waals surface area contributed by atoms with Crippen molar-refractivity contribution in [3.8, 4) is 34.0 Å². The molecule has 54 heavy (non-hydrogen) atoms. The molecule has 0 radical (unpaired) electrons. The molecule has 0 amide bonds. The van der Waals surface area contributed by atoms with Crippen LogP contribution in [0.3, 0.4) is 0 Å². The Morgan fingerprint density at radius 1 is 0.593 bits per heavy atom. The number of aryl methyl sites for hydroxylation is 1. The zero-order valence-electron chi connectivity index (χ0n) is 30.0. The van der Waals surface area contributed by atoms with Gasteiger partial charge in [0.25, 0.3) is 0 Å². The number of para-hydroxylation sites is 3. The van der Waals surface area contributed by atoms with E-state index >= 15 is 0 Å². The highest BCUT2D eigenvalue weighted by Gasteiger charge is 2.35. The second-order valence-electron chi connectivity index (χ2n) is 15.3. The van der Waals surface area contributed by atoms with Crippen LogP contribution in [-0.4, -0.2) is 19.1 Å². The van der Waals surface area contributed by atoms with Crippen molar-refractivity contribution < 1.29 is 0 Å². The highest BCUT2D eigenvalue weighted by molar-refractivity contribution is 7.25. The molecule has 0 aliphatic heterocycles. The maximum atomic E-state index is 5.65.